The highest BCUT2D eigenvalue weighted by molar-refractivity contribution is 7.83. The minimum Gasteiger partial charge on any atom is -0.299 e. The van der Waals surface area contributed by atoms with Crippen LogP contribution in [0.15, 0.2) is 17.0 Å². The Hall–Kier alpha value is -0.420. The van der Waals surface area contributed by atoms with Gasteiger partial charge < -0.3 is 0 Å². The van der Waals surface area contributed by atoms with Gasteiger partial charge in [-0.25, -0.2) is 8.93 Å². The van der Waals surface area contributed by atoms with E-state index in [1.165, 1.54) is 18.4 Å². The molecule has 2 aliphatic rings. The molecule has 0 amide bonds. The van der Waals surface area contributed by atoms with Crippen molar-refractivity contribution in [1.82, 2.24) is 9.62 Å². The van der Waals surface area contributed by atoms with E-state index in [9.17, 15) is 4.21 Å². The van der Waals surface area contributed by atoms with Crippen LogP contribution in [0.5, 0.6) is 0 Å². The molecule has 1 saturated heterocycles. The van der Waals surface area contributed by atoms with E-state index in [4.69, 9.17) is 11.6 Å². The van der Waals surface area contributed by atoms with Gasteiger partial charge >= 0.3 is 0 Å². The third kappa shape index (κ3) is 2.87. The van der Waals surface area contributed by atoms with Gasteiger partial charge in [0.2, 0.25) is 0 Å². The molecule has 3 nitrogen and oxygen atoms in total. The molecule has 1 N–H and O–H groups in total. The van der Waals surface area contributed by atoms with Gasteiger partial charge in [0, 0.05) is 30.2 Å². The summed E-state index contributed by atoms with van der Waals surface area (Å²) in [6.45, 7) is 6.13. The van der Waals surface area contributed by atoms with E-state index < -0.39 is 11.0 Å². The van der Waals surface area contributed by atoms with Gasteiger partial charge in [-0.15, -0.1) is 0 Å². The number of nitrogens with one attached hydrogen (secondary N) is 1. The molecule has 0 bridgehead atoms. The van der Waals surface area contributed by atoms with Crippen molar-refractivity contribution in [3.05, 3.63) is 28.3 Å². The van der Waals surface area contributed by atoms with Crippen LogP contribution in [0.2, 0.25) is 5.02 Å². The minimum absolute atomic E-state index is 0.613. The van der Waals surface area contributed by atoms with Crippen molar-refractivity contribution >= 4 is 22.6 Å². The lowest BCUT2D eigenvalue weighted by Crippen LogP contribution is -2.33. The lowest BCUT2D eigenvalue weighted by Gasteiger charge is -2.30. The number of rotatable bonds is 2. The Morgan fingerprint density at radius 3 is 3.16 bits per heavy atom. The summed E-state index contributed by atoms with van der Waals surface area (Å²) in [6, 6.07) is 4.08. The van der Waals surface area contributed by atoms with Crippen LogP contribution in [-0.4, -0.2) is 22.2 Å². The largest absolute Gasteiger partial charge is 0.299 e. The van der Waals surface area contributed by atoms with Crippen LogP contribution in [0.4, 0.5) is 0 Å². The molecule has 0 aromatic heterocycles. The lowest BCUT2D eigenvalue weighted by molar-refractivity contribution is 0.176. The molecule has 1 fully saturated rings. The van der Waals surface area contributed by atoms with Crippen molar-refractivity contribution in [2.24, 2.45) is 5.92 Å². The summed E-state index contributed by atoms with van der Waals surface area (Å²) < 4.78 is 14.8. The maximum atomic E-state index is 11.8. The van der Waals surface area contributed by atoms with E-state index in [-0.39, 0.29) is 0 Å². The van der Waals surface area contributed by atoms with Crippen LogP contribution in [0.25, 0.3) is 0 Å². The SMILES string of the molecule is CC1CCCN(Cc2cc(Cl)c3c(c2)S(=O)NC3)C1. The predicted molar refractivity (Wildman–Crippen MR) is 78.4 cm³/mol. The number of likely N-dealkylation sites (tertiary alicyclic amines) is 1. The van der Waals surface area contributed by atoms with Crippen molar-refractivity contribution in [1.29, 1.82) is 0 Å². The van der Waals surface area contributed by atoms with Crippen LogP contribution in [0, 0.1) is 5.92 Å². The van der Waals surface area contributed by atoms with Gasteiger partial charge in [-0.3, -0.25) is 4.90 Å². The van der Waals surface area contributed by atoms with Gasteiger partial charge in [-0.1, -0.05) is 18.5 Å². The van der Waals surface area contributed by atoms with Gasteiger partial charge in [-0.2, -0.15) is 0 Å². The first-order valence-corrected chi connectivity index (χ1v) is 8.35. The van der Waals surface area contributed by atoms with Gasteiger partial charge in [0.05, 0.1) is 4.90 Å². The topological polar surface area (TPSA) is 32.3 Å². The highest BCUT2D eigenvalue weighted by Gasteiger charge is 2.22. The molecule has 2 atom stereocenters. The third-order valence-electron chi connectivity index (χ3n) is 3.94. The fraction of sp³-hybridized carbons (Fsp3) is 0.571. The van der Waals surface area contributed by atoms with Crippen molar-refractivity contribution in [2.45, 2.75) is 37.8 Å². The van der Waals surface area contributed by atoms with E-state index in [2.05, 4.69) is 22.6 Å². The first-order valence-electron chi connectivity index (χ1n) is 6.82. The van der Waals surface area contributed by atoms with E-state index in [1.54, 1.807) is 0 Å². The van der Waals surface area contributed by atoms with Crippen LogP contribution in [0.3, 0.4) is 0 Å². The molecule has 3 rings (SSSR count). The zero-order chi connectivity index (χ0) is 13.4. The molecule has 5 heteroatoms. The molecule has 0 radical (unpaired) electrons. The molecule has 2 unspecified atom stereocenters. The highest BCUT2D eigenvalue weighted by atomic mass is 35.5. The standard InChI is InChI=1S/C14H19ClN2OS/c1-10-3-2-4-17(8-10)9-11-5-13(15)12-7-16-19(18)14(12)6-11/h5-6,10,16H,2-4,7-9H2,1H3. The molecule has 2 aliphatic heterocycles. The molecular weight excluding hydrogens is 280 g/mol. The fourth-order valence-corrected chi connectivity index (χ4v) is 4.46. The second kappa shape index (κ2) is 5.52. The van der Waals surface area contributed by atoms with E-state index in [0.717, 1.165) is 41.0 Å². The summed E-state index contributed by atoms with van der Waals surface area (Å²) in [4.78, 5) is 3.34. The van der Waals surface area contributed by atoms with Crippen molar-refractivity contribution in [3.8, 4) is 0 Å². The molecule has 0 saturated carbocycles. The van der Waals surface area contributed by atoms with Gasteiger partial charge in [0.1, 0.15) is 11.0 Å². The molecule has 0 aliphatic carbocycles. The van der Waals surface area contributed by atoms with Crippen LogP contribution >= 0.6 is 11.6 Å². The summed E-state index contributed by atoms with van der Waals surface area (Å²) in [5.41, 5.74) is 2.17. The first-order chi connectivity index (χ1) is 9.13. The summed E-state index contributed by atoms with van der Waals surface area (Å²) in [7, 11) is -1.08. The molecule has 1 aromatic carbocycles. The third-order valence-corrected chi connectivity index (χ3v) is 5.45. The summed E-state index contributed by atoms with van der Waals surface area (Å²) >= 11 is 6.29. The van der Waals surface area contributed by atoms with Gasteiger partial charge in [-0.05, 0) is 43.0 Å². The number of benzene rings is 1. The smallest absolute Gasteiger partial charge is 0.125 e. The maximum Gasteiger partial charge on any atom is 0.125 e. The zero-order valence-electron chi connectivity index (χ0n) is 11.1. The van der Waals surface area contributed by atoms with Crippen LogP contribution < -0.4 is 4.72 Å². The molecule has 0 spiro atoms. The predicted octanol–water partition coefficient (Wildman–Crippen LogP) is 2.70. The van der Waals surface area contributed by atoms with E-state index in [0.29, 0.717) is 6.54 Å². The Labute approximate surface area is 121 Å². The molecular formula is C14H19ClN2OS. The van der Waals surface area contributed by atoms with Crippen molar-refractivity contribution in [2.75, 3.05) is 13.1 Å². The van der Waals surface area contributed by atoms with E-state index in [1.807, 2.05) is 6.07 Å². The number of piperidine rings is 1. The quantitative estimate of drug-likeness (QED) is 0.910. The molecule has 2 heterocycles. The Morgan fingerprint density at radius 1 is 1.53 bits per heavy atom. The normalized spacial score (nSPS) is 27.5. The van der Waals surface area contributed by atoms with Crippen LogP contribution in [-0.2, 0) is 24.1 Å². The number of hydrogen-bond donors (Lipinski definition) is 1. The number of nitrogens with zero attached hydrogens (tertiary/aromatic N) is 1. The Balaban J connectivity index is 1.80. The second-order valence-corrected chi connectivity index (χ2v) is 7.30. The van der Waals surface area contributed by atoms with Crippen molar-refractivity contribution < 1.29 is 4.21 Å². The maximum absolute atomic E-state index is 11.8. The van der Waals surface area contributed by atoms with Gasteiger partial charge in [0.15, 0.2) is 0 Å². The summed E-state index contributed by atoms with van der Waals surface area (Å²) in [6.07, 6.45) is 2.60. The first kappa shape index (κ1) is 13.6. The second-order valence-electron chi connectivity index (χ2n) is 5.63. The molecule has 1 aromatic rings. The van der Waals surface area contributed by atoms with Crippen molar-refractivity contribution in [3.63, 3.8) is 0 Å². The summed E-state index contributed by atoms with van der Waals surface area (Å²) in [5, 5.41) is 0.746. The average molecular weight is 299 g/mol. The van der Waals surface area contributed by atoms with Gasteiger partial charge in [0.25, 0.3) is 0 Å². The fourth-order valence-electron chi connectivity index (χ4n) is 3.00. The molecule has 19 heavy (non-hydrogen) atoms. The lowest BCUT2D eigenvalue weighted by atomic mass is 9.99. The summed E-state index contributed by atoms with van der Waals surface area (Å²) in [5.74, 6) is 0.773. The molecule has 104 valence electrons. The number of hydrogen-bond acceptors (Lipinski definition) is 2. The zero-order valence-corrected chi connectivity index (χ0v) is 12.7. The average Bonchev–Trinajstić information content (AvgIpc) is 2.72. The Bertz CT molecular complexity index is 520. The van der Waals surface area contributed by atoms with E-state index >= 15 is 0 Å². The van der Waals surface area contributed by atoms with Crippen LogP contribution in [0.1, 0.15) is 30.9 Å². The number of halogens is 1. The number of fused-ring (bicyclic) bond motifs is 1. The minimum atomic E-state index is -1.08. The monoisotopic (exact) mass is 298 g/mol. The Morgan fingerprint density at radius 2 is 2.37 bits per heavy atom. The highest BCUT2D eigenvalue weighted by Crippen LogP contribution is 2.29. The Kier molecular flexibility index (Phi) is 3.94.